The first-order valence-corrected chi connectivity index (χ1v) is 20.4. The van der Waals surface area contributed by atoms with Crippen LogP contribution in [0.2, 0.25) is 0 Å². The van der Waals surface area contributed by atoms with Gasteiger partial charge in [-0.3, -0.25) is 9.13 Å². The lowest BCUT2D eigenvalue weighted by molar-refractivity contribution is 1.10. The molecule has 0 aliphatic carbocycles. The highest BCUT2D eigenvalue weighted by atomic mass is 15.1. The Bertz CT molecular complexity index is 3330. The molecule has 10 aromatic carbocycles. The number of hydrogen-bond acceptors (Lipinski definition) is 2. The van der Waals surface area contributed by atoms with Gasteiger partial charge in [0.1, 0.15) is 11.6 Å². The van der Waals surface area contributed by atoms with Crippen molar-refractivity contribution in [2.75, 3.05) is 0 Å². The second-order valence-electron chi connectivity index (χ2n) is 15.4. The largest absolute Gasteiger partial charge is 0.292 e. The third-order valence-corrected chi connectivity index (χ3v) is 11.9. The van der Waals surface area contributed by atoms with Gasteiger partial charge in [0.2, 0.25) is 0 Å². The highest BCUT2D eigenvalue weighted by molar-refractivity contribution is 6.25. The Morgan fingerprint density at radius 3 is 1.10 bits per heavy atom. The highest BCUT2D eigenvalue weighted by Gasteiger charge is 2.18. The minimum absolute atomic E-state index is 0.933. The molecule has 0 radical (unpaired) electrons. The number of fused-ring (bicyclic) bond motifs is 7. The zero-order chi connectivity index (χ0) is 39.6. The maximum atomic E-state index is 5.08. The van der Waals surface area contributed by atoms with Crippen LogP contribution in [0.25, 0.3) is 111 Å². The fraction of sp³-hybridized carbons (Fsp3) is 0. The second-order valence-corrected chi connectivity index (χ2v) is 15.4. The molecule has 0 atom stereocenters. The summed E-state index contributed by atoms with van der Waals surface area (Å²) in [6.45, 7) is 0. The summed E-state index contributed by atoms with van der Waals surface area (Å²) >= 11 is 0. The van der Waals surface area contributed by atoms with Gasteiger partial charge in [0, 0.05) is 22.5 Å². The van der Waals surface area contributed by atoms with E-state index in [1.807, 2.05) is 12.1 Å². The van der Waals surface area contributed by atoms with Gasteiger partial charge in [-0.05, 0) is 115 Å². The van der Waals surface area contributed by atoms with Crippen LogP contribution < -0.4 is 0 Å². The van der Waals surface area contributed by atoms with E-state index in [9.17, 15) is 0 Å². The average Bonchev–Trinajstić information content (AvgIpc) is 3.91. The Kier molecular flexibility index (Phi) is 7.82. The molecule has 0 aliphatic rings. The minimum Gasteiger partial charge on any atom is -0.292 e. The predicted molar refractivity (Wildman–Crippen MR) is 250 cm³/mol. The standard InChI is InChI=1S/C56H36N4/c1-3-15-39(16-4-1)55-57-50-23-11-13-25-52(50)59(55)42-31-27-37(28-32-42)48-35-41-36-49(45-20-8-10-22-47(45)54(41)46-21-9-7-19-44(46)48)38-29-33-43(34-30-38)60-53-26-14-12-24-51(53)58-56(60)40-17-5-2-6-18-40/h1-36H. The van der Waals surface area contributed by atoms with E-state index >= 15 is 0 Å². The third-order valence-electron chi connectivity index (χ3n) is 11.9. The Balaban J connectivity index is 1.00. The topological polar surface area (TPSA) is 35.6 Å². The molecule has 12 aromatic rings. The molecule has 0 amide bonds. The van der Waals surface area contributed by atoms with Crippen LogP contribution in [0.15, 0.2) is 218 Å². The highest BCUT2D eigenvalue weighted by Crippen LogP contribution is 2.43. The lowest BCUT2D eigenvalue weighted by Gasteiger charge is -2.17. The van der Waals surface area contributed by atoms with Crippen molar-refractivity contribution in [3.05, 3.63) is 218 Å². The molecule has 0 N–H and O–H groups in total. The zero-order valence-electron chi connectivity index (χ0n) is 32.6. The smallest absolute Gasteiger partial charge is 0.145 e. The summed E-state index contributed by atoms with van der Waals surface area (Å²) in [7, 11) is 0. The summed E-state index contributed by atoms with van der Waals surface area (Å²) < 4.78 is 4.54. The average molecular weight is 765 g/mol. The van der Waals surface area contributed by atoms with E-state index in [-0.39, 0.29) is 0 Å². The van der Waals surface area contributed by atoms with Gasteiger partial charge < -0.3 is 0 Å². The molecule has 12 rings (SSSR count). The number of benzene rings is 10. The van der Waals surface area contributed by atoms with E-state index in [2.05, 4.69) is 215 Å². The van der Waals surface area contributed by atoms with Crippen molar-refractivity contribution in [3.8, 4) is 56.4 Å². The summed E-state index contributed by atoms with van der Waals surface area (Å²) in [6.07, 6.45) is 0. The maximum absolute atomic E-state index is 5.08. The minimum atomic E-state index is 0.933. The van der Waals surface area contributed by atoms with E-state index in [0.29, 0.717) is 0 Å². The first kappa shape index (κ1) is 34.0. The lowest BCUT2D eigenvalue weighted by Crippen LogP contribution is -1.98. The molecular formula is C56H36N4. The van der Waals surface area contributed by atoms with Gasteiger partial charge in [-0.2, -0.15) is 0 Å². The van der Waals surface area contributed by atoms with Crippen LogP contribution in [0.1, 0.15) is 0 Å². The molecule has 4 heteroatoms. The molecule has 0 spiro atoms. The Morgan fingerprint density at radius 2 is 0.667 bits per heavy atom. The van der Waals surface area contributed by atoms with Crippen LogP contribution in [0.3, 0.4) is 0 Å². The van der Waals surface area contributed by atoms with Crippen LogP contribution in [-0.4, -0.2) is 19.1 Å². The number of nitrogens with zero attached hydrogens (tertiary/aromatic N) is 4. The summed E-state index contributed by atoms with van der Waals surface area (Å²) in [5, 5.41) is 7.46. The SMILES string of the molecule is c1ccc(-c2nc3ccccc3n2-c2ccc(-c3cc4cc(-c5ccc(-n6c(-c7ccccc7)nc7ccccc76)cc5)c5ccccc5c4c4ccccc34)cc2)cc1. The van der Waals surface area contributed by atoms with Crippen molar-refractivity contribution in [2.45, 2.75) is 0 Å². The van der Waals surface area contributed by atoms with Crippen LogP contribution in [-0.2, 0) is 0 Å². The van der Waals surface area contributed by atoms with Gasteiger partial charge in [0.15, 0.2) is 0 Å². The van der Waals surface area contributed by atoms with Crippen molar-refractivity contribution in [2.24, 2.45) is 0 Å². The molecule has 0 aliphatic heterocycles. The summed E-state index contributed by atoms with van der Waals surface area (Å²) in [4.78, 5) is 10.2. The molecule has 0 fully saturated rings. The van der Waals surface area contributed by atoms with Gasteiger partial charge in [0.25, 0.3) is 0 Å². The van der Waals surface area contributed by atoms with E-state index in [4.69, 9.17) is 9.97 Å². The Hall–Kier alpha value is -8.08. The van der Waals surface area contributed by atoms with Crippen molar-refractivity contribution < 1.29 is 0 Å². The van der Waals surface area contributed by atoms with E-state index in [1.165, 1.54) is 54.6 Å². The van der Waals surface area contributed by atoms with Crippen molar-refractivity contribution >= 4 is 54.4 Å². The maximum Gasteiger partial charge on any atom is 0.145 e. The normalized spacial score (nSPS) is 11.7. The molecule has 0 saturated carbocycles. The quantitative estimate of drug-likeness (QED) is 0.158. The molecule has 0 saturated heterocycles. The van der Waals surface area contributed by atoms with Crippen LogP contribution in [0.4, 0.5) is 0 Å². The fourth-order valence-electron chi connectivity index (χ4n) is 9.17. The molecule has 2 heterocycles. The van der Waals surface area contributed by atoms with Gasteiger partial charge >= 0.3 is 0 Å². The first-order valence-electron chi connectivity index (χ1n) is 20.4. The summed E-state index contributed by atoms with van der Waals surface area (Å²) in [6, 6.07) is 78.1. The monoisotopic (exact) mass is 764 g/mol. The van der Waals surface area contributed by atoms with Crippen molar-refractivity contribution in [1.29, 1.82) is 0 Å². The van der Waals surface area contributed by atoms with Gasteiger partial charge in [-0.1, -0.05) is 158 Å². The number of imidazole rings is 2. The molecule has 2 aromatic heterocycles. The van der Waals surface area contributed by atoms with Crippen molar-refractivity contribution in [1.82, 2.24) is 19.1 Å². The van der Waals surface area contributed by atoms with Gasteiger partial charge in [-0.15, -0.1) is 0 Å². The van der Waals surface area contributed by atoms with Crippen LogP contribution in [0, 0.1) is 0 Å². The van der Waals surface area contributed by atoms with Gasteiger partial charge in [-0.25, -0.2) is 9.97 Å². The van der Waals surface area contributed by atoms with E-state index < -0.39 is 0 Å². The van der Waals surface area contributed by atoms with E-state index in [0.717, 1.165) is 56.2 Å². The molecule has 0 bridgehead atoms. The number of para-hydroxylation sites is 4. The Morgan fingerprint density at radius 1 is 0.300 bits per heavy atom. The fourth-order valence-corrected chi connectivity index (χ4v) is 9.17. The van der Waals surface area contributed by atoms with Crippen LogP contribution >= 0.6 is 0 Å². The first-order chi connectivity index (χ1) is 29.8. The molecular weight excluding hydrogens is 729 g/mol. The van der Waals surface area contributed by atoms with Crippen molar-refractivity contribution in [3.63, 3.8) is 0 Å². The zero-order valence-corrected chi connectivity index (χ0v) is 32.6. The second kappa shape index (κ2) is 13.8. The number of rotatable bonds is 6. The molecule has 280 valence electrons. The third kappa shape index (κ3) is 5.46. The molecule has 4 nitrogen and oxygen atoms in total. The summed E-state index contributed by atoms with van der Waals surface area (Å²) in [5.74, 6) is 1.87. The predicted octanol–water partition coefficient (Wildman–Crippen LogP) is 14.5. The Labute approximate surface area is 346 Å². The molecule has 0 unspecified atom stereocenters. The number of hydrogen-bond donors (Lipinski definition) is 0. The van der Waals surface area contributed by atoms with Crippen LogP contribution in [0.5, 0.6) is 0 Å². The van der Waals surface area contributed by atoms with E-state index in [1.54, 1.807) is 0 Å². The summed E-state index contributed by atoms with van der Waals surface area (Å²) in [5.41, 5.74) is 13.2. The van der Waals surface area contributed by atoms with Gasteiger partial charge in [0.05, 0.1) is 22.1 Å². The molecule has 60 heavy (non-hydrogen) atoms. The number of aromatic nitrogens is 4. The lowest BCUT2D eigenvalue weighted by atomic mass is 9.87.